The Morgan fingerprint density at radius 1 is 1.29 bits per heavy atom. The number of nitrogens with zero attached hydrogens (tertiary/aromatic N) is 3. The first-order valence-corrected chi connectivity index (χ1v) is 7.23. The van der Waals surface area contributed by atoms with E-state index in [4.69, 9.17) is 9.47 Å². The van der Waals surface area contributed by atoms with Crippen molar-refractivity contribution in [3.8, 4) is 5.88 Å². The first-order valence-electron chi connectivity index (χ1n) is 7.23. The van der Waals surface area contributed by atoms with Crippen LogP contribution in [-0.2, 0) is 11.3 Å². The number of rotatable bonds is 5. The minimum absolute atomic E-state index is 0.0634. The van der Waals surface area contributed by atoms with E-state index in [1.165, 1.54) is 4.68 Å². The molecule has 2 aliphatic rings. The van der Waals surface area contributed by atoms with Crippen molar-refractivity contribution in [1.82, 2.24) is 20.0 Å². The van der Waals surface area contributed by atoms with Crippen molar-refractivity contribution in [1.29, 1.82) is 0 Å². The van der Waals surface area contributed by atoms with E-state index < -0.39 is 11.7 Å². The van der Waals surface area contributed by atoms with E-state index in [-0.39, 0.29) is 11.6 Å². The van der Waals surface area contributed by atoms with Gasteiger partial charge in [0.2, 0.25) is 11.7 Å². The summed E-state index contributed by atoms with van der Waals surface area (Å²) in [5.41, 5.74) is -0.184. The number of carbonyl (C=O) groups excluding carboxylic acids is 1. The highest BCUT2D eigenvalue weighted by Gasteiger charge is 2.27. The van der Waals surface area contributed by atoms with Gasteiger partial charge in [-0.2, -0.15) is 9.49 Å². The lowest BCUT2D eigenvalue weighted by Crippen LogP contribution is -2.38. The maximum Gasteiger partial charge on any atom is 0.275 e. The van der Waals surface area contributed by atoms with Gasteiger partial charge in [0.1, 0.15) is 6.61 Å². The predicted octanol–water partition coefficient (Wildman–Crippen LogP) is -0.133. The van der Waals surface area contributed by atoms with Gasteiger partial charge in [-0.25, -0.2) is 4.68 Å². The molecule has 0 radical (unpaired) electrons. The molecule has 3 rings (SSSR count). The van der Waals surface area contributed by atoms with Crippen molar-refractivity contribution in [3.05, 3.63) is 11.5 Å². The molecular formula is C13H19FN4O3. The van der Waals surface area contributed by atoms with Crippen LogP contribution in [-0.4, -0.2) is 66.6 Å². The van der Waals surface area contributed by atoms with Crippen molar-refractivity contribution in [3.63, 3.8) is 0 Å². The molecule has 1 amide bonds. The topological polar surface area (TPSA) is 68.6 Å². The summed E-state index contributed by atoms with van der Waals surface area (Å²) in [7, 11) is 0. The van der Waals surface area contributed by atoms with Crippen LogP contribution in [0.1, 0.15) is 16.9 Å². The quantitative estimate of drug-likeness (QED) is 0.767. The number of halogens is 1. The molecule has 3 heterocycles. The molecule has 2 aliphatic heterocycles. The maximum atomic E-state index is 13.9. The van der Waals surface area contributed by atoms with Gasteiger partial charge in [0.25, 0.3) is 5.91 Å². The fourth-order valence-corrected chi connectivity index (χ4v) is 2.50. The summed E-state index contributed by atoms with van der Waals surface area (Å²) in [6.07, 6.45) is 0.817. The highest BCUT2D eigenvalue weighted by Crippen LogP contribution is 2.24. The molecule has 1 aromatic rings. The lowest BCUT2D eigenvalue weighted by atomic mass is 10.3. The molecule has 0 aliphatic carbocycles. The number of nitrogens with one attached hydrogen (secondary N) is 1. The Kier molecular flexibility index (Phi) is 4.35. The van der Waals surface area contributed by atoms with Crippen LogP contribution in [0.3, 0.4) is 0 Å². The average molecular weight is 298 g/mol. The van der Waals surface area contributed by atoms with E-state index in [9.17, 15) is 9.18 Å². The zero-order valence-corrected chi connectivity index (χ0v) is 11.8. The van der Waals surface area contributed by atoms with Crippen LogP contribution in [0.25, 0.3) is 0 Å². The molecule has 1 aromatic heterocycles. The third-order valence-electron chi connectivity index (χ3n) is 3.65. The molecule has 0 atom stereocenters. The largest absolute Gasteiger partial charge is 0.474 e. The Hall–Kier alpha value is -1.67. The van der Waals surface area contributed by atoms with Crippen LogP contribution in [0.2, 0.25) is 0 Å². The SMILES string of the molecule is O=C(NCCCN1CCOCC1)c1nn2c(c1F)OCC2. The van der Waals surface area contributed by atoms with Crippen molar-refractivity contribution >= 4 is 5.91 Å². The van der Waals surface area contributed by atoms with Gasteiger partial charge >= 0.3 is 0 Å². The van der Waals surface area contributed by atoms with Crippen molar-refractivity contribution < 1.29 is 18.7 Å². The number of hydrogen-bond donors (Lipinski definition) is 1. The van der Waals surface area contributed by atoms with Crippen LogP contribution in [0.15, 0.2) is 0 Å². The van der Waals surface area contributed by atoms with Crippen LogP contribution in [0, 0.1) is 5.82 Å². The zero-order valence-electron chi connectivity index (χ0n) is 11.8. The van der Waals surface area contributed by atoms with Gasteiger partial charge in [-0.15, -0.1) is 0 Å². The number of aromatic nitrogens is 2. The lowest BCUT2D eigenvalue weighted by Gasteiger charge is -2.26. The zero-order chi connectivity index (χ0) is 14.7. The number of ether oxygens (including phenoxy) is 2. The fourth-order valence-electron chi connectivity index (χ4n) is 2.50. The second-order valence-electron chi connectivity index (χ2n) is 5.10. The molecule has 1 fully saturated rings. The minimum atomic E-state index is -0.668. The molecular weight excluding hydrogens is 279 g/mol. The van der Waals surface area contributed by atoms with Gasteiger partial charge in [-0.05, 0) is 13.0 Å². The van der Waals surface area contributed by atoms with E-state index in [1.54, 1.807) is 0 Å². The Bertz CT molecular complexity index is 514. The minimum Gasteiger partial charge on any atom is -0.474 e. The first-order chi connectivity index (χ1) is 10.3. The molecule has 1 N–H and O–H groups in total. The molecule has 7 nitrogen and oxygen atoms in total. The lowest BCUT2D eigenvalue weighted by molar-refractivity contribution is 0.0374. The highest BCUT2D eigenvalue weighted by atomic mass is 19.1. The Morgan fingerprint density at radius 2 is 2.10 bits per heavy atom. The predicted molar refractivity (Wildman–Crippen MR) is 71.9 cm³/mol. The molecule has 1 saturated heterocycles. The van der Waals surface area contributed by atoms with E-state index >= 15 is 0 Å². The molecule has 0 spiro atoms. The molecule has 0 saturated carbocycles. The number of morpholine rings is 1. The van der Waals surface area contributed by atoms with Gasteiger partial charge < -0.3 is 14.8 Å². The van der Waals surface area contributed by atoms with E-state index in [2.05, 4.69) is 15.3 Å². The fraction of sp³-hybridized carbons (Fsp3) is 0.692. The van der Waals surface area contributed by atoms with Crippen molar-refractivity contribution in [2.75, 3.05) is 46.0 Å². The molecule has 0 bridgehead atoms. The van der Waals surface area contributed by atoms with Gasteiger partial charge in [-0.1, -0.05) is 0 Å². The van der Waals surface area contributed by atoms with Gasteiger partial charge in [0, 0.05) is 19.6 Å². The second kappa shape index (κ2) is 6.40. The van der Waals surface area contributed by atoms with Gasteiger partial charge in [0.05, 0.1) is 19.8 Å². The highest BCUT2D eigenvalue weighted by molar-refractivity contribution is 5.92. The van der Waals surface area contributed by atoms with E-state index in [1.807, 2.05) is 0 Å². The average Bonchev–Trinajstić information content (AvgIpc) is 3.08. The number of carbonyl (C=O) groups is 1. The summed E-state index contributed by atoms with van der Waals surface area (Å²) in [5.74, 6) is -1.09. The summed E-state index contributed by atoms with van der Waals surface area (Å²) in [4.78, 5) is 14.2. The smallest absolute Gasteiger partial charge is 0.275 e. The molecule has 116 valence electrons. The molecule has 0 unspecified atom stereocenters. The summed E-state index contributed by atoms with van der Waals surface area (Å²) >= 11 is 0. The Balaban J connectivity index is 1.44. The summed E-state index contributed by atoms with van der Waals surface area (Å²) in [5, 5.41) is 6.64. The standard InChI is InChI=1S/C13H19FN4O3/c14-10-11(16-18-6-9-21-13(10)18)12(19)15-2-1-3-17-4-7-20-8-5-17/h1-9H2,(H,15,19). The normalized spacial score (nSPS) is 18.3. The molecule has 21 heavy (non-hydrogen) atoms. The van der Waals surface area contributed by atoms with Crippen molar-refractivity contribution in [2.24, 2.45) is 0 Å². The van der Waals surface area contributed by atoms with Crippen LogP contribution in [0.4, 0.5) is 4.39 Å². The van der Waals surface area contributed by atoms with E-state index in [0.717, 1.165) is 39.3 Å². The molecule has 0 aromatic carbocycles. The molecule has 8 heteroatoms. The van der Waals surface area contributed by atoms with Gasteiger partial charge in [0.15, 0.2) is 5.69 Å². The number of fused-ring (bicyclic) bond motifs is 1. The maximum absolute atomic E-state index is 13.9. The third-order valence-corrected chi connectivity index (χ3v) is 3.65. The van der Waals surface area contributed by atoms with Crippen molar-refractivity contribution in [2.45, 2.75) is 13.0 Å². The van der Waals surface area contributed by atoms with Crippen LogP contribution < -0.4 is 10.1 Å². The Morgan fingerprint density at radius 3 is 2.86 bits per heavy atom. The monoisotopic (exact) mass is 298 g/mol. The van der Waals surface area contributed by atoms with Crippen LogP contribution in [0.5, 0.6) is 5.88 Å². The third kappa shape index (κ3) is 3.16. The van der Waals surface area contributed by atoms with E-state index in [0.29, 0.717) is 19.7 Å². The number of hydrogen-bond acceptors (Lipinski definition) is 5. The first kappa shape index (κ1) is 14.3. The summed E-state index contributed by atoms with van der Waals surface area (Å²) < 4.78 is 25.6. The summed E-state index contributed by atoms with van der Waals surface area (Å²) in [6, 6.07) is 0. The summed E-state index contributed by atoms with van der Waals surface area (Å²) in [6.45, 7) is 5.65. The number of amides is 1. The Labute approximate surface area is 122 Å². The van der Waals surface area contributed by atoms with Crippen LogP contribution >= 0.6 is 0 Å². The second-order valence-corrected chi connectivity index (χ2v) is 5.10. The van der Waals surface area contributed by atoms with Gasteiger partial charge in [-0.3, -0.25) is 9.69 Å².